The lowest BCUT2D eigenvalue weighted by Crippen LogP contribution is -2.30. The molecule has 4 heterocycles. The summed E-state index contributed by atoms with van der Waals surface area (Å²) in [5, 5.41) is 12.8. The zero-order valence-electron chi connectivity index (χ0n) is 19.1. The van der Waals surface area contributed by atoms with Crippen molar-refractivity contribution in [3.63, 3.8) is 0 Å². The van der Waals surface area contributed by atoms with E-state index in [9.17, 15) is 4.39 Å². The van der Waals surface area contributed by atoms with Crippen molar-refractivity contribution in [1.29, 1.82) is 0 Å². The Morgan fingerprint density at radius 2 is 1.86 bits per heavy atom. The van der Waals surface area contributed by atoms with Crippen LogP contribution in [0.15, 0.2) is 71.5 Å². The maximum Gasteiger partial charge on any atom is 0.281 e. The van der Waals surface area contributed by atoms with Crippen LogP contribution < -0.4 is 0 Å². The number of likely N-dealkylation sites (N-methyl/N-ethyl adjacent to an activating group) is 1. The summed E-state index contributed by atoms with van der Waals surface area (Å²) in [6, 6.07) is 16.3. The van der Waals surface area contributed by atoms with Gasteiger partial charge in [0.05, 0.1) is 0 Å². The van der Waals surface area contributed by atoms with Gasteiger partial charge in [-0.15, -0.1) is 5.10 Å². The molecule has 3 aromatic heterocycles. The first kappa shape index (κ1) is 21.3. The van der Waals surface area contributed by atoms with E-state index in [4.69, 9.17) is 4.52 Å². The molecule has 35 heavy (non-hydrogen) atoms. The van der Waals surface area contributed by atoms with Crippen molar-refractivity contribution in [3.05, 3.63) is 83.9 Å². The van der Waals surface area contributed by atoms with Crippen LogP contribution in [0.3, 0.4) is 0 Å². The van der Waals surface area contributed by atoms with E-state index in [0.717, 1.165) is 37.2 Å². The van der Waals surface area contributed by atoms with E-state index >= 15 is 0 Å². The molecule has 0 atom stereocenters. The molecule has 0 saturated heterocycles. The van der Waals surface area contributed by atoms with E-state index in [0.29, 0.717) is 17.2 Å². The molecule has 9 heteroatoms. The van der Waals surface area contributed by atoms with Gasteiger partial charge in [-0.05, 0) is 54.4 Å². The second-order valence-corrected chi connectivity index (χ2v) is 8.41. The number of hydrogen-bond acceptors (Lipinski definition) is 7. The standard InChI is InChI=1S/C26H22FN7O/c1-2-33-14-11-17-7-8-19(15-20(17)16-33)25-29-26(35-31-25)23-24(18-9-12-28-13-10-18)34(32-30-23)22-6-4-3-5-21(22)27/h3-10,12-13,15H,2,11,14,16H2,1H3. The van der Waals surface area contributed by atoms with Crippen molar-refractivity contribution in [2.24, 2.45) is 0 Å². The number of rotatable bonds is 5. The Hall–Kier alpha value is -4.24. The minimum atomic E-state index is -0.416. The minimum absolute atomic E-state index is 0.210. The number of pyridine rings is 1. The zero-order chi connectivity index (χ0) is 23.8. The second-order valence-electron chi connectivity index (χ2n) is 8.41. The monoisotopic (exact) mass is 467 g/mol. The third-order valence-corrected chi connectivity index (χ3v) is 6.34. The predicted octanol–water partition coefficient (Wildman–Crippen LogP) is 4.56. The van der Waals surface area contributed by atoms with Gasteiger partial charge in [0.15, 0.2) is 5.69 Å². The number of halogens is 1. The van der Waals surface area contributed by atoms with Gasteiger partial charge >= 0.3 is 0 Å². The Bertz CT molecular complexity index is 1490. The van der Waals surface area contributed by atoms with Crippen LogP contribution in [-0.4, -0.2) is 48.1 Å². The van der Waals surface area contributed by atoms with Crippen LogP contribution in [-0.2, 0) is 13.0 Å². The molecule has 1 aliphatic heterocycles. The van der Waals surface area contributed by atoms with Gasteiger partial charge in [-0.25, -0.2) is 9.07 Å². The molecule has 0 N–H and O–H groups in total. The molecular weight excluding hydrogens is 445 g/mol. The maximum absolute atomic E-state index is 14.6. The van der Waals surface area contributed by atoms with E-state index < -0.39 is 5.82 Å². The number of hydrogen-bond donors (Lipinski definition) is 0. The van der Waals surface area contributed by atoms with Crippen LogP contribution >= 0.6 is 0 Å². The number of nitrogens with zero attached hydrogens (tertiary/aromatic N) is 7. The fourth-order valence-corrected chi connectivity index (χ4v) is 4.45. The van der Waals surface area contributed by atoms with Crippen LogP contribution in [0.25, 0.3) is 39.9 Å². The Morgan fingerprint density at radius 3 is 2.69 bits per heavy atom. The van der Waals surface area contributed by atoms with Crippen molar-refractivity contribution < 1.29 is 8.91 Å². The molecule has 0 aliphatic carbocycles. The lowest BCUT2D eigenvalue weighted by atomic mass is 9.97. The van der Waals surface area contributed by atoms with Gasteiger partial charge in [0.1, 0.15) is 17.2 Å². The molecule has 0 saturated carbocycles. The smallest absolute Gasteiger partial charge is 0.281 e. The molecule has 1 aliphatic rings. The maximum atomic E-state index is 14.6. The van der Waals surface area contributed by atoms with Crippen LogP contribution in [0.5, 0.6) is 0 Å². The van der Waals surface area contributed by atoms with Crippen LogP contribution in [0.4, 0.5) is 4.39 Å². The fraction of sp³-hybridized carbons (Fsp3) is 0.192. The highest BCUT2D eigenvalue weighted by molar-refractivity contribution is 5.76. The topological polar surface area (TPSA) is 85.8 Å². The molecule has 2 aromatic carbocycles. The third-order valence-electron chi connectivity index (χ3n) is 6.34. The molecule has 0 radical (unpaired) electrons. The molecule has 6 rings (SSSR count). The van der Waals surface area contributed by atoms with E-state index in [1.807, 2.05) is 6.07 Å². The van der Waals surface area contributed by atoms with Crippen LogP contribution in [0, 0.1) is 5.82 Å². The van der Waals surface area contributed by atoms with Gasteiger partial charge in [0.25, 0.3) is 5.89 Å². The molecule has 5 aromatic rings. The molecule has 0 fully saturated rings. The van der Waals surface area contributed by atoms with Crippen molar-refractivity contribution in [2.75, 3.05) is 13.1 Å². The lowest BCUT2D eigenvalue weighted by molar-refractivity contribution is 0.268. The third kappa shape index (κ3) is 3.89. The average Bonchev–Trinajstić information content (AvgIpc) is 3.56. The zero-order valence-corrected chi connectivity index (χ0v) is 19.1. The average molecular weight is 468 g/mol. The Labute approximate surface area is 201 Å². The van der Waals surface area contributed by atoms with Crippen molar-refractivity contribution in [1.82, 2.24) is 35.0 Å². The lowest BCUT2D eigenvalue weighted by Gasteiger charge is -2.27. The van der Waals surface area contributed by atoms with E-state index in [-0.39, 0.29) is 11.6 Å². The van der Waals surface area contributed by atoms with E-state index in [2.05, 4.69) is 49.4 Å². The number of aromatic nitrogens is 6. The van der Waals surface area contributed by atoms with Crippen molar-refractivity contribution in [3.8, 4) is 39.9 Å². The van der Waals surface area contributed by atoms with Crippen LogP contribution in [0.2, 0.25) is 0 Å². The van der Waals surface area contributed by atoms with Gasteiger partial charge < -0.3 is 4.52 Å². The molecule has 0 spiro atoms. The highest BCUT2D eigenvalue weighted by Gasteiger charge is 2.25. The summed E-state index contributed by atoms with van der Waals surface area (Å²) >= 11 is 0. The highest BCUT2D eigenvalue weighted by Crippen LogP contribution is 2.33. The number of benzene rings is 2. The predicted molar refractivity (Wildman–Crippen MR) is 128 cm³/mol. The first-order valence-electron chi connectivity index (χ1n) is 11.5. The molecular formula is C26H22FN7O. The summed E-state index contributed by atoms with van der Waals surface area (Å²) in [4.78, 5) is 11.1. The van der Waals surface area contributed by atoms with Crippen LogP contribution in [0.1, 0.15) is 18.1 Å². The molecule has 8 nitrogen and oxygen atoms in total. The first-order chi connectivity index (χ1) is 17.2. The second kappa shape index (κ2) is 8.84. The SMILES string of the molecule is CCN1CCc2ccc(-c3noc(-c4nnn(-c5ccccc5F)c4-c4ccncc4)n3)cc2C1. The summed E-state index contributed by atoms with van der Waals surface area (Å²) in [7, 11) is 0. The molecule has 0 amide bonds. The van der Waals surface area contributed by atoms with Gasteiger partial charge in [0.2, 0.25) is 5.82 Å². The largest absolute Gasteiger partial charge is 0.332 e. The van der Waals surface area contributed by atoms with E-state index in [1.54, 1.807) is 42.7 Å². The summed E-state index contributed by atoms with van der Waals surface area (Å²) < 4.78 is 21.7. The summed E-state index contributed by atoms with van der Waals surface area (Å²) in [5.41, 5.74) is 5.44. The summed E-state index contributed by atoms with van der Waals surface area (Å²) in [6.07, 6.45) is 4.35. The van der Waals surface area contributed by atoms with Gasteiger partial charge in [-0.1, -0.05) is 41.6 Å². The molecule has 0 unspecified atom stereocenters. The van der Waals surface area contributed by atoms with Gasteiger partial charge in [0, 0.05) is 36.6 Å². The number of para-hydroxylation sites is 1. The van der Waals surface area contributed by atoms with Crippen molar-refractivity contribution >= 4 is 0 Å². The Kier molecular flexibility index (Phi) is 5.38. The quantitative estimate of drug-likeness (QED) is 0.374. The van der Waals surface area contributed by atoms with E-state index in [1.165, 1.54) is 21.9 Å². The summed E-state index contributed by atoms with van der Waals surface area (Å²) in [6.45, 7) is 5.18. The Balaban J connectivity index is 1.43. The normalized spacial score (nSPS) is 13.7. The first-order valence-corrected chi connectivity index (χ1v) is 11.5. The molecule has 174 valence electrons. The van der Waals surface area contributed by atoms with Gasteiger partial charge in [-0.3, -0.25) is 9.88 Å². The van der Waals surface area contributed by atoms with Gasteiger partial charge in [-0.2, -0.15) is 4.98 Å². The highest BCUT2D eigenvalue weighted by atomic mass is 19.1. The summed E-state index contributed by atoms with van der Waals surface area (Å²) in [5.74, 6) is 0.264. The number of fused-ring (bicyclic) bond motifs is 1. The van der Waals surface area contributed by atoms with Crippen molar-refractivity contribution in [2.45, 2.75) is 19.9 Å². The molecule has 0 bridgehead atoms. The minimum Gasteiger partial charge on any atom is -0.332 e. The Morgan fingerprint density at radius 1 is 1.00 bits per heavy atom. The fourth-order valence-electron chi connectivity index (χ4n) is 4.45.